The van der Waals surface area contributed by atoms with Crippen LogP contribution < -0.4 is 5.73 Å². The molecule has 0 heterocycles. The minimum atomic E-state index is -0.188. The molecule has 0 aliphatic rings. The van der Waals surface area contributed by atoms with Gasteiger partial charge in [-0.05, 0) is 31.2 Å². The van der Waals surface area contributed by atoms with Gasteiger partial charge in [0.05, 0.1) is 0 Å². The van der Waals surface area contributed by atoms with Crippen molar-refractivity contribution in [2.24, 2.45) is 5.73 Å². The van der Waals surface area contributed by atoms with E-state index in [0.717, 1.165) is 18.5 Å². The minimum absolute atomic E-state index is 0.188. The van der Waals surface area contributed by atoms with Crippen LogP contribution in [0.5, 0.6) is 0 Å². The smallest absolute Gasteiger partial charge is 0.123 e. The summed E-state index contributed by atoms with van der Waals surface area (Å²) >= 11 is 0. The molecule has 0 saturated heterocycles. The van der Waals surface area contributed by atoms with Crippen molar-refractivity contribution in [1.29, 1.82) is 0 Å². The first kappa shape index (κ1) is 12.1. The molecule has 0 aromatic heterocycles. The van der Waals surface area contributed by atoms with Gasteiger partial charge in [0.15, 0.2) is 0 Å². The van der Waals surface area contributed by atoms with Gasteiger partial charge in [0.25, 0.3) is 0 Å². The second kappa shape index (κ2) is 5.83. The Hall–Kier alpha value is -0.930. The van der Waals surface area contributed by atoms with Gasteiger partial charge in [-0.2, -0.15) is 0 Å². The van der Waals surface area contributed by atoms with Crippen molar-refractivity contribution in [2.75, 3.05) is 13.6 Å². The quantitative estimate of drug-likeness (QED) is 0.805. The van der Waals surface area contributed by atoms with Crippen molar-refractivity contribution in [3.63, 3.8) is 0 Å². The summed E-state index contributed by atoms with van der Waals surface area (Å²) in [6.07, 6.45) is 1.04. The Morgan fingerprint density at radius 3 is 2.40 bits per heavy atom. The molecule has 3 heteroatoms. The summed E-state index contributed by atoms with van der Waals surface area (Å²) in [5.74, 6) is -0.188. The molecule has 0 aliphatic heterocycles. The van der Waals surface area contributed by atoms with Crippen LogP contribution in [0, 0.1) is 5.82 Å². The van der Waals surface area contributed by atoms with Crippen LogP contribution in [0.15, 0.2) is 24.3 Å². The van der Waals surface area contributed by atoms with Gasteiger partial charge in [-0.1, -0.05) is 19.1 Å². The lowest BCUT2D eigenvalue weighted by Gasteiger charge is -2.25. The average Bonchev–Trinajstić information content (AvgIpc) is 2.23. The first-order valence-electron chi connectivity index (χ1n) is 5.32. The Labute approximate surface area is 90.9 Å². The van der Waals surface area contributed by atoms with Crippen molar-refractivity contribution in [2.45, 2.75) is 25.9 Å². The predicted octanol–water partition coefficient (Wildman–Crippen LogP) is 1.99. The number of rotatable bonds is 5. The highest BCUT2D eigenvalue weighted by Crippen LogP contribution is 2.08. The van der Waals surface area contributed by atoms with Crippen LogP contribution in [0.3, 0.4) is 0 Å². The van der Waals surface area contributed by atoms with Gasteiger partial charge >= 0.3 is 0 Å². The Balaban J connectivity index is 2.57. The predicted molar refractivity (Wildman–Crippen MR) is 61.0 cm³/mol. The summed E-state index contributed by atoms with van der Waals surface area (Å²) in [5.41, 5.74) is 6.78. The number of nitrogens with zero attached hydrogens (tertiary/aromatic N) is 1. The van der Waals surface area contributed by atoms with Gasteiger partial charge in [-0.15, -0.1) is 0 Å². The molecule has 15 heavy (non-hydrogen) atoms. The monoisotopic (exact) mass is 210 g/mol. The third-order valence-electron chi connectivity index (χ3n) is 2.71. The molecule has 2 nitrogen and oxygen atoms in total. The van der Waals surface area contributed by atoms with Crippen LogP contribution >= 0.6 is 0 Å². The van der Waals surface area contributed by atoms with E-state index in [-0.39, 0.29) is 5.82 Å². The van der Waals surface area contributed by atoms with Crippen molar-refractivity contribution >= 4 is 0 Å². The molecule has 1 atom stereocenters. The Morgan fingerprint density at radius 2 is 1.93 bits per heavy atom. The van der Waals surface area contributed by atoms with Crippen LogP contribution in [-0.2, 0) is 6.54 Å². The van der Waals surface area contributed by atoms with Crippen molar-refractivity contribution in [3.8, 4) is 0 Å². The fraction of sp³-hybridized carbons (Fsp3) is 0.500. The van der Waals surface area contributed by atoms with E-state index in [1.54, 1.807) is 0 Å². The molecule has 84 valence electrons. The zero-order valence-electron chi connectivity index (χ0n) is 9.41. The molecule has 0 spiro atoms. The molecule has 1 aromatic carbocycles. The fourth-order valence-corrected chi connectivity index (χ4v) is 1.67. The van der Waals surface area contributed by atoms with E-state index in [1.807, 2.05) is 19.2 Å². The van der Waals surface area contributed by atoms with Crippen LogP contribution in [0.4, 0.5) is 4.39 Å². The molecule has 0 bridgehead atoms. The lowest BCUT2D eigenvalue weighted by atomic mass is 10.1. The molecule has 0 amide bonds. The first-order chi connectivity index (χ1) is 7.17. The highest BCUT2D eigenvalue weighted by atomic mass is 19.1. The largest absolute Gasteiger partial charge is 0.329 e. The maximum atomic E-state index is 12.7. The van der Waals surface area contributed by atoms with Crippen molar-refractivity contribution in [1.82, 2.24) is 4.90 Å². The van der Waals surface area contributed by atoms with E-state index in [4.69, 9.17) is 5.73 Å². The molecule has 0 aliphatic carbocycles. The van der Waals surface area contributed by atoms with Gasteiger partial charge < -0.3 is 5.73 Å². The maximum Gasteiger partial charge on any atom is 0.123 e. The van der Waals surface area contributed by atoms with Gasteiger partial charge in [-0.25, -0.2) is 4.39 Å². The SMILES string of the molecule is CCC(CN)N(C)Cc1ccc(F)cc1. The molecule has 1 aromatic rings. The summed E-state index contributed by atoms with van der Waals surface area (Å²) in [6.45, 7) is 3.60. The number of hydrogen-bond acceptors (Lipinski definition) is 2. The normalized spacial score (nSPS) is 13.1. The summed E-state index contributed by atoms with van der Waals surface area (Å²) in [7, 11) is 2.05. The topological polar surface area (TPSA) is 29.3 Å². The Morgan fingerprint density at radius 1 is 1.33 bits per heavy atom. The molecule has 2 N–H and O–H groups in total. The van der Waals surface area contributed by atoms with Crippen molar-refractivity contribution in [3.05, 3.63) is 35.6 Å². The summed E-state index contributed by atoms with van der Waals surface area (Å²) in [5, 5.41) is 0. The third kappa shape index (κ3) is 3.61. The molecular weight excluding hydrogens is 191 g/mol. The van der Waals surface area contributed by atoms with Crippen LogP contribution in [0.2, 0.25) is 0 Å². The maximum absolute atomic E-state index is 12.7. The Kier molecular flexibility index (Phi) is 4.72. The standard InChI is InChI=1S/C12H19FN2/c1-3-12(8-14)15(2)9-10-4-6-11(13)7-5-10/h4-7,12H,3,8-9,14H2,1-2H3. The van der Waals surface area contributed by atoms with Crippen LogP contribution in [0.1, 0.15) is 18.9 Å². The van der Waals surface area contributed by atoms with E-state index in [1.165, 1.54) is 12.1 Å². The number of benzene rings is 1. The number of nitrogens with two attached hydrogens (primary N) is 1. The van der Waals surface area contributed by atoms with Gasteiger partial charge in [0.1, 0.15) is 5.82 Å². The highest BCUT2D eigenvalue weighted by molar-refractivity contribution is 5.15. The van der Waals surface area contributed by atoms with Gasteiger partial charge in [0.2, 0.25) is 0 Å². The zero-order valence-corrected chi connectivity index (χ0v) is 9.41. The van der Waals surface area contributed by atoms with E-state index >= 15 is 0 Å². The van der Waals surface area contributed by atoms with Gasteiger partial charge in [-0.3, -0.25) is 4.90 Å². The Bertz CT molecular complexity index is 280. The van der Waals surface area contributed by atoms with E-state index < -0.39 is 0 Å². The van der Waals surface area contributed by atoms with Crippen LogP contribution in [-0.4, -0.2) is 24.5 Å². The number of likely N-dealkylation sites (N-methyl/N-ethyl adjacent to an activating group) is 1. The van der Waals surface area contributed by atoms with E-state index in [2.05, 4.69) is 11.8 Å². The zero-order chi connectivity index (χ0) is 11.3. The first-order valence-corrected chi connectivity index (χ1v) is 5.32. The summed E-state index contributed by atoms with van der Waals surface area (Å²) in [6, 6.07) is 7.01. The summed E-state index contributed by atoms with van der Waals surface area (Å²) < 4.78 is 12.7. The fourth-order valence-electron chi connectivity index (χ4n) is 1.67. The molecule has 1 rings (SSSR count). The highest BCUT2D eigenvalue weighted by Gasteiger charge is 2.10. The number of hydrogen-bond donors (Lipinski definition) is 1. The minimum Gasteiger partial charge on any atom is -0.329 e. The second-order valence-corrected chi connectivity index (χ2v) is 3.84. The van der Waals surface area contributed by atoms with Crippen LogP contribution in [0.25, 0.3) is 0 Å². The molecule has 0 radical (unpaired) electrons. The van der Waals surface area contributed by atoms with Crippen molar-refractivity contribution < 1.29 is 4.39 Å². The summed E-state index contributed by atoms with van der Waals surface area (Å²) in [4.78, 5) is 2.20. The lowest BCUT2D eigenvalue weighted by molar-refractivity contribution is 0.233. The third-order valence-corrected chi connectivity index (χ3v) is 2.71. The second-order valence-electron chi connectivity index (χ2n) is 3.84. The average molecular weight is 210 g/mol. The van der Waals surface area contributed by atoms with E-state index in [9.17, 15) is 4.39 Å². The number of halogens is 1. The molecule has 0 fully saturated rings. The lowest BCUT2D eigenvalue weighted by Crippen LogP contribution is -2.36. The molecule has 1 unspecified atom stereocenters. The van der Waals surface area contributed by atoms with E-state index in [0.29, 0.717) is 12.6 Å². The van der Waals surface area contributed by atoms with Gasteiger partial charge in [0, 0.05) is 19.1 Å². The molecular formula is C12H19FN2. The molecule has 0 saturated carbocycles.